The largest absolute Gasteiger partial charge is 0.344 e. The Morgan fingerprint density at radius 2 is 2.40 bits per heavy atom. The Morgan fingerprint density at radius 1 is 1.60 bits per heavy atom. The van der Waals surface area contributed by atoms with E-state index in [0.717, 1.165) is 22.9 Å². The molecule has 4 nitrogen and oxygen atoms in total. The van der Waals surface area contributed by atoms with E-state index in [9.17, 15) is 4.79 Å². The molecule has 0 aromatic carbocycles. The van der Waals surface area contributed by atoms with Gasteiger partial charge in [-0.05, 0) is 0 Å². The summed E-state index contributed by atoms with van der Waals surface area (Å²) in [6.07, 6.45) is 0. The molecule has 1 aliphatic rings. The smallest absolute Gasteiger partial charge is 0.335 e. The van der Waals surface area contributed by atoms with Gasteiger partial charge < -0.3 is 10.8 Å². The van der Waals surface area contributed by atoms with Gasteiger partial charge in [0.1, 0.15) is 0 Å². The molecule has 0 unspecified atom stereocenters. The van der Waals surface area contributed by atoms with Crippen LogP contribution in [-0.4, -0.2) is 9.66 Å². The first-order chi connectivity index (χ1) is 4.79. The van der Waals surface area contributed by atoms with Crippen LogP contribution in [0.3, 0.4) is 0 Å². The third-order valence-corrected chi connectivity index (χ3v) is 2.57. The van der Waals surface area contributed by atoms with Crippen LogP contribution in [0, 0.1) is 0 Å². The number of nitrogen functional groups attached to an aromatic ring is 1. The van der Waals surface area contributed by atoms with E-state index in [-0.39, 0.29) is 5.69 Å². The Kier molecular flexibility index (Phi) is 1.08. The minimum absolute atomic E-state index is 0.203. The van der Waals surface area contributed by atoms with Gasteiger partial charge >= 0.3 is 5.69 Å². The molecular formula is C5H7N3OS. The van der Waals surface area contributed by atoms with Gasteiger partial charge in [-0.15, -0.1) is 11.8 Å². The van der Waals surface area contributed by atoms with E-state index in [4.69, 9.17) is 5.84 Å². The predicted octanol–water partition coefficient (Wildman–Crippen LogP) is -0.363. The summed E-state index contributed by atoms with van der Waals surface area (Å²) in [5, 5.41) is 0. The summed E-state index contributed by atoms with van der Waals surface area (Å²) >= 11 is 1.76. The van der Waals surface area contributed by atoms with Gasteiger partial charge in [0.05, 0.1) is 11.4 Å². The lowest BCUT2D eigenvalue weighted by molar-refractivity contribution is 0.894. The van der Waals surface area contributed by atoms with Crippen molar-refractivity contribution in [3.8, 4) is 0 Å². The van der Waals surface area contributed by atoms with Gasteiger partial charge in [-0.1, -0.05) is 0 Å². The van der Waals surface area contributed by atoms with Crippen molar-refractivity contribution >= 4 is 11.8 Å². The fourth-order valence-corrected chi connectivity index (χ4v) is 2.11. The second-order valence-electron chi connectivity index (χ2n) is 2.22. The second kappa shape index (κ2) is 1.82. The van der Waals surface area contributed by atoms with E-state index < -0.39 is 0 Å². The van der Waals surface area contributed by atoms with Crippen molar-refractivity contribution in [1.29, 1.82) is 0 Å². The number of H-pyrrole nitrogens is 1. The highest BCUT2D eigenvalue weighted by Crippen LogP contribution is 2.25. The first-order valence-electron chi connectivity index (χ1n) is 2.94. The number of nitrogens with one attached hydrogen (secondary N) is 1. The maximum atomic E-state index is 10.8. The first-order valence-corrected chi connectivity index (χ1v) is 4.10. The Bertz CT molecular complexity index is 313. The zero-order valence-electron chi connectivity index (χ0n) is 5.26. The van der Waals surface area contributed by atoms with Crippen LogP contribution in [0.2, 0.25) is 0 Å². The zero-order valence-corrected chi connectivity index (χ0v) is 6.07. The lowest BCUT2D eigenvalue weighted by Gasteiger charge is -1.91. The fraction of sp³-hybridized carbons (Fsp3) is 0.400. The molecule has 0 saturated heterocycles. The SMILES string of the molecule is Nn1c2c([nH]c1=O)CSC2. The maximum Gasteiger partial charge on any atom is 0.344 e. The summed E-state index contributed by atoms with van der Waals surface area (Å²) < 4.78 is 1.19. The van der Waals surface area contributed by atoms with Gasteiger partial charge in [0.25, 0.3) is 0 Å². The molecule has 0 aliphatic carbocycles. The molecule has 1 aromatic heterocycles. The van der Waals surface area contributed by atoms with E-state index in [1.807, 2.05) is 0 Å². The Hall–Kier alpha value is -0.840. The number of rotatable bonds is 0. The molecule has 2 rings (SSSR count). The molecule has 10 heavy (non-hydrogen) atoms. The monoisotopic (exact) mass is 157 g/mol. The predicted molar refractivity (Wildman–Crippen MR) is 40.2 cm³/mol. The number of thioether (sulfide) groups is 1. The number of nitrogens with two attached hydrogens (primary N) is 1. The summed E-state index contributed by atoms with van der Waals surface area (Å²) in [5.41, 5.74) is 1.72. The molecule has 54 valence electrons. The summed E-state index contributed by atoms with van der Waals surface area (Å²) in [6, 6.07) is 0. The number of imidazole rings is 1. The fourth-order valence-electron chi connectivity index (χ4n) is 1.06. The van der Waals surface area contributed by atoms with Gasteiger partial charge in [-0.25, -0.2) is 9.47 Å². The van der Waals surface area contributed by atoms with Crippen molar-refractivity contribution < 1.29 is 0 Å². The van der Waals surface area contributed by atoms with E-state index in [0.29, 0.717) is 0 Å². The van der Waals surface area contributed by atoms with E-state index in [1.54, 1.807) is 11.8 Å². The molecule has 0 fully saturated rings. The highest BCUT2D eigenvalue weighted by molar-refractivity contribution is 7.98. The van der Waals surface area contributed by atoms with Crippen LogP contribution in [0.1, 0.15) is 11.4 Å². The molecular weight excluding hydrogens is 150 g/mol. The quantitative estimate of drug-likeness (QED) is 0.505. The van der Waals surface area contributed by atoms with Crippen molar-refractivity contribution in [3.63, 3.8) is 0 Å². The third kappa shape index (κ3) is 0.607. The summed E-state index contributed by atoms with van der Waals surface area (Å²) in [7, 11) is 0. The summed E-state index contributed by atoms with van der Waals surface area (Å²) in [5.74, 6) is 7.15. The van der Waals surface area contributed by atoms with Gasteiger partial charge in [-0.3, -0.25) is 0 Å². The second-order valence-corrected chi connectivity index (χ2v) is 3.20. The number of aromatic nitrogens is 2. The molecule has 2 heterocycles. The zero-order chi connectivity index (χ0) is 7.14. The summed E-state index contributed by atoms with van der Waals surface area (Å²) in [4.78, 5) is 13.5. The highest BCUT2D eigenvalue weighted by Gasteiger charge is 2.17. The van der Waals surface area contributed by atoms with Crippen LogP contribution in [0.15, 0.2) is 4.79 Å². The Morgan fingerprint density at radius 3 is 3.10 bits per heavy atom. The Labute approximate surface area is 61.4 Å². The molecule has 0 radical (unpaired) electrons. The third-order valence-electron chi connectivity index (χ3n) is 1.60. The Balaban J connectivity index is 2.70. The molecule has 0 spiro atoms. The van der Waals surface area contributed by atoms with Crippen LogP contribution in [-0.2, 0) is 11.5 Å². The van der Waals surface area contributed by atoms with E-state index in [1.165, 1.54) is 4.68 Å². The number of aromatic amines is 1. The molecule has 0 saturated carbocycles. The lowest BCUT2D eigenvalue weighted by atomic mass is 10.4. The standard InChI is InChI=1S/C5H7N3OS/c6-8-4-2-10-1-3(4)7-5(8)9/h1-2,6H2,(H,7,9). The molecule has 3 N–H and O–H groups in total. The number of hydrogen-bond acceptors (Lipinski definition) is 3. The van der Waals surface area contributed by atoms with Crippen LogP contribution in [0.5, 0.6) is 0 Å². The summed E-state index contributed by atoms with van der Waals surface area (Å²) in [6.45, 7) is 0. The molecule has 0 bridgehead atoms. The van der Waals surface area contributed by atoms with Gasteiger partial charge in [-0.2, -0.15) is 0 Å². The van der Waals surface area contributed by atoms with E-state index >= 15 is 0 Å². The minimum atomic E-state index is -0.203. The van der Waals surface area contributed by atoms with Crippen molar-refractivity contribution in [2.24, 2.45) is 0 Å². The molecule has 1 aromatic rings. The molecule has 0 atom stereocenters. The number of nitrogens with zero attached hydrogens (tertiary/aromatic N) is 1. The van der Waals surface area contributed by atoms with Crippen molar-refractivity contribution in [3.05, 3.63) is 21.9 Å². The maximum absolute atomic E-state index is 10.8. The van der Waals surface area contributed by atoms with E-state index in [2.05, 4.69) is 4.98 Å². The van der Waals surface area contributed by atoms with Crippen LogP contribution in [0.4, 0.5) is 0 Å². The highest BCUT2D eigenvalue weighted by atomic mass is 32.2. The van der Waals surface area contributed by atoms with Gasteiger partial charge in [0, 0.05) is 11.5 Å². The van der Waals surface area contributed by atoms with Crippen LogP contribution < -0.4 is 11.5 Å². The average molecular weight is 157 g/mol. The van der Waals surface area contributed by atoms with Crippen molar-refractivity contribution in [2.45, 2.75) is 11.5 Å². The minimum Gasteiger partial charge on any atom is -0.335 e. The molecule has 0 amide bonds. The topological polar surface area (TPSA) is 63.8 Å². The number of hydrogen-bond donors (Lipinski definition) is 2. The number of fused-ring (bicyclic) bond motifs is 1. The van der Waals surface area contributed by atoms with Crippen LogP contribution >= 0.6 is 11.8 Å². The normalized spacial score (nSPS) is 15.6. The molecule has 1 aliphatic heterocycles. The van der Waals surface area contributed by atoms with Gasteiger partial charge in [0.15, 0.2) is 0 Å². The average Bonchev–Trinajstić information content (AvgIpc) is 2.41. The van der Waals surface area contributed by atoms with Crippen molar-refractivity contribution in [2.75, 3.05) is 5.84 Å². The van der Waals surface area contributed by atoms with Crippen molar-refractivity contribution in [1.82, 2.24) is 9.66 Å². The lowest BCUT2D eigenvalue weighted by Crippen LogP contribution is -2.25. The first kappa shape index (κ1) is 5.91. The van der Waals surface area contributed by atoms with Gasteiger partial charge in [0.2, 0.25) is 0 Å². The van der Waals surface area contributed by atoms with Crippen LogP contribution in [0.25, 0.3) is 0 Å². The molecule has 5 heteroatoms.